The Morgan fingerprint density at radius 1 is 1.88 bits per heavy atom. The zero-order valence-corrected chi connectivity index (χ0v) is 5.14. The quantitative estimate of drug-likeness (QED) is 0.497. The predicted molar refractivity (Wildman–Crippen MR) is 31.4 cm³/mol. The summed E-state index contributed by atoms with van der Waals surface area (Å²) in [6.07, 6.45) is 0.743. The van der Waals surface area contributed by atoms with E-state index in [-0.39, 0.29) is 0 Å². The Morgan fingerprint density at radius 3 is 2.62 bits per heavy atom. The summed E-state index contributed by atoms with van der Waals surface area (Å²) in [4.78, 5) is 4.82. The van der Waals surface area contributed by atoms with Crippen molar-refractivity contribution in [2.24, 2.45) is 10.9 Å². The molecule has 0 amide bonds. The van der Waals surface area contributed by atoms with Gasteiger partial charge in [-0.3, -0.25) is 5.73 Å². The molecule has 0 aromatic carbocycles. The van der Waals surface area contributed by atoms with E-state index < -0.39 is 5.72 Å². The molecule has 0 radical (unpaired) electrons. The van der Waals surface area contributed by atoms with Gasteiger partial charge in [-0.05, 0) is 13.8 Å². The molecule has 0 bridgehead atoms. The molecule has 0 saturated heterocycles. The second kappa shape index (κ2) is 1.45. The molecule has 0 spiro atoms. The number of nitrogens with zero attached hydrogens (tertiary/aromatic N) is 1. The SMILES string of the molecule is CC1=NOC(C)(N)C1. The molecule has 46 valence electrons. The Hall–Kier alpha value is -0.570. The standard InChI is InChI=1S/C5H10N2O/c1-4-3-5(2,6)8-7-4/h3,6H2,1-2H3. The van der Waals surface area contributed by atoms with Gasteiger partial charge in [0.1, 0.15) is 0 Å². The molecular formula is C5H10N2O. The summed E-state index contributed by atoms with van der Waals surface area (Å²) in [5.41, 5.74) is 5.96. The van der Waals surface area contributed by atoms with Crippen LogP contribution in [0.5, 0.6) is 0 Å². The lowest BCUT2D eigenvalue weighted by atomic mass is 10.1. The van der Waals surface area contributed by atoms with Gasteiger partial charge in [-0.1, -0.05) is 5.16 Å². The maximum Gasteiger partial charge on any atom is 0.189 e. The molecule has 8 heavy (non-hydrogen) atoms. The fourth-order valence-corrected chi connectivity index (χ4v) is 0.755. The van der Waals surface area contributed by atoms with E-state index in [1.807, 2.05) is 13.8 Å². The Kier molecular flexibility index (Phi) is 1.01. The van der Waals surface area contributed by atoms with Gasteiger partial charge in [0.2, 0.25) is 0 Å². The fraction of sp³-hybridized carbons (Fsp3) is 0.800. The lowest BCUT2D eigenvalue weighted by molar-refractivity contribution is 0.00205. The molecule has 0 aromatic rings. The van der Waals surface area contributed by atoms with Gasteiger partial charge in [-0.15, -0.1) is 0 Å². The highest BCUT2D eigenvalue weighted by Crippen LogP contribution is 2.15. The predicted octanol–water partition coefficient (Wildman–Crippen LogP) is 0.458. The van der Waals surface area contributed by atoms with E-state index >= 15 is 0 Å². The van der Waals surface area contributed by atoms with E-state index in [4.69, 9.17) is 10.6 Å². The first kappa shape index (κ1) is 5.56. The highest BCUT2D eigenvalue weighted by atomic mass is 16.7. The van der Waals surface area contributed by atoms with Crippen LogP contribution in [0.25, 0.3) is 0 Å². The minimum atomic E-state index is -0.538. The molecular weight excluding hydrogens is 104 g/mol. The number of hydrogen-bond donors (Lipinski definition) is 1. The van der Waals surface area contributed by atoms with Gasteiger partial charge in [0.05, 0.1) is 5.71 Å². The third-order valence-corrected chi connectivity index (χ3v) is 1.02. The molecule has 0 aliphatic carbocycles. The second-order valence-electron chi connectivity index (χ2n) is 2.41. The van der Waals surface area contributed by atoms with E-state index in [1.54, 1.807) is 0 Å². The van der Waals surface area contributed by atoms with Crippen molar-refractivity contribution >= 4 is 5.71 Å². The minimum Gasteiger partial charge on any atom is -0.374 e. The van der Waals surface area contributed by atoms with Crippen LogP contribution in [-0.4, -0.2) is 11.4 Å². The van der Waals surface area contributed by atoms with Gasteiger partial charge in [-0.2, -0.15) is 0 Å². The van der Waals surface area contributed by atoms with Crippen LogP contribution in [0.2, 0.25) is 0 Å². The molecule has 0 saturated carbocycles. The Labute approximate surface area is 48.5 Å². The number of rotatable bonds is 0. The summed E-state index contributed by atoms with van der Waals surface area (Å²) in [6, 6.07) is 0. The van der Waals surface area contributed by atoms with Crippen LogP contribution in [0, 0.1) is 0 Å². The first-order valence-electron chi connectivity index (χ1n) is 2.61. The number of hydrogen-bond acceptors (Lipinski definition) is 3. The Bertz CT molecular complexity index is 128. The van der Waals surface area contributed by atoms with E-state index in [0.29, 0.717) is 0 Å². The maximum absolute atomic E-state index is 5.53. The van der Waals surface area contributed by atoms with Crippen molar-refractivity contribution in [3.05, 3.63) is 0 Å². The van der Waals surface area contributed by atoms with Crippen LogP contribution in [0.1, 0.15) is 20.3 Å². The zero-order valence-electron chi connectivity index (χ0n) is 5.14. The maximum atomic E-state index is 5.53. The summed E-state index contributed by atoms with van der Waals surface area (Å²) in [6.45, 7) is 3.71. The van der Waals surface area contributed by atoms with Gasteiger partial charge in [0.15, 0.2) is 5.72 Å². The van der Waals surface area contributed by atoms with Crippen LogP contribution in [-0.2, 0) is 4.84 Å². The average molecular weight is 114 g/mol. The van der Waals surface area contributed by atoms with Crippen molar-refractivity contribution in [2.45, 2.75) is 26.0 Å². The van der Waals surface area contributed by atoms with Gasteiger partial charge >= 0.3 is 0 Å². The summed E-state index contributed by atoms with van der Waals surface area (Å²) in [5, 5.41) is 3.68. The molecule has 1 atom stereocenters. The Balaban J connectivity index is 2.55. The van der Waals surface area contributed by atoms with E-state index in [2.05, 4.69) is 5.16 Å². The van der Waals surface area contributed by atoms with Crippen molar-refractivity contribution in [3.63, 3.8) is 0 Å². The molecule has 0 aromatic heterocycles. The summed E-state index contributed by atoms with van der Waals surface area (Å²) in [7, 11) is 0. The van der Waals surface area contributed by atoms with Gasteiger partial charge in [0, 0.05) is 6.42 Å². The van der Waals surface area contributed by atoms with Gasteiger partial charge < -0.3 is 4.84 Å². The van der Waals surface area contributed by atoms with Gasteiger partial charge in [-0.25, -0.2) is 0 Å². The topological polar surface area (TPSA) is 47.6 Å². The highest BCUT2D eigenvalue weighted by Gasteiger charge is 2.26. The molecule has 3 heteroatoms. The smallest absolute Gasteiger partial charge is 0.189 e. The van der Waals surface area contributed by atoms with Gasteiger partial charge in [0.25, 0.3) is 0 Å². The number of oxime groups is 1. The molecule has 1 aliphatic rings. The Morgan fingerprint density at radius 2 is 2.50 bits per heavy atom. The molecule has 1 unspecified atom stereocenters. The van der Waals surface area contributed by atoms with Crippen LogP contribution >= 0.6 is 0 Å². The van der Waals surface area contributed by atoms with Crippen molar-refractivity contribution in [2.75, 3.05) is 0 Å². The van der Waals surface area contributed by atoms with Crippen LogP contribution in [0.3, 0.4) is 0 Å². The number of nitrogens with two attached hydrogens (primary N) is 1. The van der Waals surface area contributed by atoms with Crippen LogP contribution < -0.4 is 5.73 Å². The first-order valence-corrected chi connectivity index (χ1v) is 2.61. The summed E-state index contributed by atoms with van der Waals surface area (Å²) < 4.78 is 0. The molecule has 3 nitrogen and oxygen atoms in total. The monoisotopic (exact) mass is 114 g/mol. The second-order valence-corrected chi connectivity index (χ2v) is 2.41. The first-order chi connectivity index (χ1) is 3.60. The third-order valence-electron chi connectivity index (χ3n) is 1.02. The normalized spacial score (nSPS) is 36.6. The largest absolute Gasteiger partial charge is 0.374 e. The fourth-order valence-electron chi connectivity index (χ4n) is 0.755. The van der Waals surface area contributed by atoms with Crippen molar-refractivity contribution < 1.29 is 4.84 Å². The molecule has 1 aliphatic heterocycles. The minimum absolute atomic E-state index is 0.538. The molecule has 1 rings (SSSR count). The lowest BCUT2D eigenvalue weighted by Gasteiger charge is -2.12. The van der Waals surface area contributed by atoms with E-state index in [0.717, 1.165) is 12.1 Å². The van der Waals surface area contributed by atoms with Crippen molar-refractivity contribution in [3.8, 4) is 0 Å². The molecule has 1 heterocycles. The van der Waals surface area contributed by atoms with E-state index in [9.17, 15) is 0 Å². The summed E-state index contributed by atoms with van der Waals surface area (Å²) >= 11 is 0. The average Bonchev–Trinajstić information content (AvgIpc) is 1.82. The van der Waals surface area contributed by atoms with Crippen LogP contribution in [0.4, 0.5) is 0 Å². The van der Waals surface area contributed by atoms with Crippen molar-refractivity contribution in [1.82, 2.24) is 0 Å². The summed E-state index contributed by atoms with van der Waals surface area (Å²) in [5.74, 6) is 0. The lowest BCUT2D eigenvalue weighted by Crippen LogP contribution is -2.35. The highest BCUT2D eigenvalue weighted by molar-refractivity contribution is 5.83. The zero-order chi connectivity index (χ0) is 6.20. The van der Waals surface area contributed by atoms with E-state index in [1.165, 1.54) is 0 Å². The van der Waals surface area contributed by atoms with Crippen LogP contribution in [0.15, 0.2) is 5.16 Å². The molecule has 2 N–H and O–H groups in total. The van der Waals surface area contributed by atoms with Crippen molar-refractivity contribution in [1.29, 1.82) is 0 Å². The molecule has 0 fully saturated rings. The third kappa shape index (κ3) is 0.980.